The lowest BCUT2D eigenvalue weighted by atomic mass is 10.1. The third-order valence-electron chi connectivity index (χ3n) is 2.80. The van der Waals surface area contributed by atoms with Crippen molar-refractivity contribution in [1.29, 1.82) is 0 Å². The molecule has 0 fully saturated rings. The van der Waals surface area contributed by atoms with Crippen LogP contribution in [0.2, 0.25) is 0 Å². The minimum atomic E-state index is -1.17. The molecule has 0 radical (unpaired) electrons. The molecule has 0 unspecified atom stereocenters. The number of nitro groups is 1. The molecular weight excluding hydrogens is 290 g/mol. The Balaban J connectivity index is 2.30. The number of anilines is 2. The van der Waals surface area contributed by atoms with E-state index in [4.69, 9.17) is 11.5 Å². The molecule has 8 heteroatoms. The van der Waals surface area contributed by atoms with Crippen LogP contribution in [0, 0.1) is 10.1 Å². The van der Waals surface area contributed by atoms with Crippen LogP contribution >= 0.6 is 0 Å². The largest absolute Gasteiger partial charge is 0.399 e. The number of nitrogens with zero attached hydrogens (tertiary/aromatic N) is 1. The summed E-state index contributed by atoms with van der Waals surface area (Å²) in [4.78, 5) is 34.0. The summed E-state index contributed by atoms with van der Waals surface area (Å²) < 4.78 is 4.63. The molecule has 0 saturated heterocycles. The number of nitro benzene ring substituents is 1. The van der Waals surface area contributed by atoms with E-state index in [0.717, 1.165) is 12.1 Å². The maximum Gasteiger partial charge on any atom is 0.353 e. The zero-order valence-electron chi connectivity index (χ0n) is 11.2. The molecular formula is C14H11N3O5. The molecule has 0 spiro atoms. The highest BCUT2D eigenvalue weighted by Crippen LogP contribution is 2.23. The van der Waals surface area contributed by atoms with Crippen LogP contribution in [0.15, 0.2) is 42.5 Å². The van der Waals surface area contributed by atoms with Crippen LogP contribution in [0.3, 0.4) is 0 Å². The van der Waals surface area contributed by atoms with Crippen molar-refractivity contribution >= 4 is 29.0 Å². The molecule has 22 heavy (non-hydrogen) atoms. The molecule has 0 aromatic heterocycles. The fourth-order valence-electron chi connectivity index (χ4n) is 1.75. The fourth-order valence-corrected chi connectivity index (χ4v) is 1.75. The van der Waals surface area contributed by atoms with E-state index in [1.54, 1.807) is 12.1 Å². The monoisotopic (exact) mass is 301 g/mol. The predicted molar refractivity (Wildman–Crippen MR) is 78.1 cm³/mol. The van der Waals surface area contributed by atoms with Crippen LogP contribution in [0.1, 0.15) is 20.7 Å². The van der Waals surface area contributed by atoms with Gasteiger partial charge in [0, 0.05) is 17.4 Å². The van der Waals surface area contributed by atoms with Gasteiger partial charge in [-0.2, -0.15) is 0 Å². The third kappa shape index (κ3) is 3.01. The van der Waals surface area contributed by atoms with E-state index in [-0.39, 0.29) is 16.9 Å². The first-order valence-electron chi connectivity index (χ1n) is 6.05. The fraction of sp³-hybridized carbons (Fsp3) is 0. The van der Waals surface area contributed by atoms with Crippen LogP contribution in [0.25, 0.3) is 0 Å². The number of carbonyl (C=O) groups excluding carboxylic acids is 2. The van der Waals surface area contributed by atoms with Gasteiger partial charge in [0.25, 0.3) is 5.69 Å². The molecule has 112 valence electrons. The van der Waals surface area contributed by atoms with Gasteiger partial charge in [-0.15, -0.1) is 0 Å². The number of nitrogen functional groups attached to an aromatic ring is 2. The van der Waals surface area contributed by atoms with E-state index in [9.17, 15) is 19.7 Å². The number of ether oxygens (including phenoxy) is 1. The summed E-state index contributed by atoms with van der Waals surface area (Å²) in [5, 5.41) is 10.9. The summed E-state index contributed by atoms with van der Waals surface area (Å²) in [7, 11) is 0. The smallest absolute Gasteiger partial charge is 0.353 e. The van der Waals surface area contributed by atoms with Crippen molar-refractivity contribution in [1.82, 2.24) is 0 Å². The van der Waals surface area contributed by atoms with Gasteiger partial charge in [-0.1, -0.05) is 12.1 Å². The molecule has 0 heterocycles. The average Bonchev–Trinajstić information content (AvgIpc) is 2.47. The van der Waals surface area contributed by atoms with Crippen LogP contribution in [-0.4, -0.2) is 16.9 Å². The van der Waals surface area contributed by atoms with Crippen molar-refractivity contribution in [2.45, 2.75) is 0 Å². The third-order valence-corrected chi connectivity index (χ3v) is 2.80. The quantitative estimate of drug-likeness (QED) is 0.289. The summed E-state index contributed by atoms with van der Waals surface area (Å²) in [5.41, 5.74) is 10.4. The Morgan fingerprint density at radius 3 is 2.27 bits per heavy atom. The van der Waals surface area contributed by atoms with Crippen LogP contribution in [-0.2, 0) is 4.74 Å². The van der Waals surface area contributed by atoms with Crippen LogP contribution in [0.5, 0.6) is 0 Å². The van der Waals surface area contributed by atoms with Gasteiger partial charge < -0.3 is 16.2 Å². The Labute approximate surface area is 124 Å². The second-order valence-corrected chi connectivity index (χ2v) is 4.30. The summed E-state index contributed by atoms with van der Waals surface area (Å²) in [6.45, 7) is 0. The predicted octanol–water partition coefficient (Wildman–Crippen LogP) is 1.76. The van der Waals surface area contributed by atoms with Gasteiger partial charge in [-0.05, 0) is 24.3 Å². The number of esters is 2. The van der Waals surface area contributed by atoms with Gasteiger partial charge in [-0.25, -0.2) is 9.59 Å². The number of benzene rings is 2. The van der Waals surface area contributed by atoms with Gasteiger partial charge in [0.15, 0.2) is 0 Å². The lowest BCUT2D eigenvalue weighted by Crippen LogP contribution is -2.15. The maximum absolute atomic E-state index is 12.0. The van der Waals surface area contributed by atoms with E-state index in [1.807, 2.05) is 0 Å². The Kier molecular flexibility index (Phi) is 4.03. The summed E-state index contributed by atoms with van der Waals surface area (Å²) in [6.07, 6.45) is 0. The Hall–Kier alpha value is -3.42. The van der Waals surface area contributed by atoms with Crippen LogP contribution < -0.4 is 11.5 Å². The number of carbonyl (C=O) groups is 2. The number of hydrogen-bond donors (Lipinski definition) is 2. The highest BCUT2D eigenvalue weighted by molar-refractivity contribution is 6.06. The molecule has 0 saturated carbocycles. The number of nitrogens with two attached hydrogens (primary N) is 2. The molecule has 4 N–H and O–H groups in total. The second kappa shape index (κ2) is 5.92. The van der Waals surface area contributed by atoms with E-state index in [1.165, 1.54) is 18.2 Å². The normalized spacial score (nSPS) is 10.0. The lowest BCUT2D eigenvalue weighted by molar-refractivity contribution is -0.385. The van der Waals surface area contributed by atoms with Gasteiger partial charge in [0.1, 0.15) is 5.56 Å². The van der Waals surface area contributed by atoms with Crippen molar-refractivity contribution in [3.63, 3.8) is 0 Å². The molecule has 0 amide bonds. The van der Waals surface area contributed by atoms with E-state index in [2.05, 4.69) is 4.74 Å². The first-order chi connectivity index (χ1) is 10.4. The zero-order valence-corrected chi connectivity index (χ0v) is 11.2. The van der Waals surface area contributed by atoms with Gasteiger partial charge in [0.05, 0.1) is 10.5 Å². The molecule has 0 atom stereocenters. The molecule has 8 nitrogen and oxygen atoms in total. The van der Waals surface area contributed by atoms with Crippen molar-refractivity contribution in [2.24, 2.45) is 0 Å². The highest BCUT2D eigenvalue weighted by Gasteiger charge is 2.25. The standard InChI is InChI=1S/C14H11N3O5/c15-8-5-6-12(17(20)21)10(7-8)14(19)22-13(18)9-3-1-2-4-11(9)16/h1-7H,15-16H2. The first kappa shape index (κ1) is 15.0. The van der Waals surface area contributed by atoms with Crippen molar-refractivity contribution in [2.75, 3.05) is 11.5 Å². The van der Waals surface area contributed by atoms with Gasteiger partial charge >= 0.3 is 11.9 Å². The first-order valence-corrected chi connectivity index (χ1v) is 6.05. The van der Waals surface area contributed by atoms with Crippen molar-refractivity contribution in [3.05, 3.63) is 63.7 Å². The number of para-hydroxylation sites is 1. The van der Waals surface area contributed by atoms with Gasteiger partial charge in [-0.3, -0.25) is 10.1 Å². The molecule has 2 aromatic rings. The van der Waals surface area contributed by atoms with Crippen molar-refractivity contribution < 1.29 is 19.2 Å². The molecule has 0 aliphatic carbocycles. The maximum atomic E-state index is 12.0. The number of hydrogen-bond acceptors (Lipinski definition) is 7. The summed E-state index contributed by atoms with van der Waals surface area (Å²) in [6, 6.07) is 9.39. The van der Waals surface area contributed by atoms with Crippen molar-refractivity contribution in [3.8, 4) is 0 Å². The average molecular weight is 301 g/mol. The Morgan fingerprint density at radius 1 is 1.00 bits per heavy atom. The Bertz CT molecular complexity index is 773. The lowest BCUT2D eigenvalue weighted by Gasteiger charge is -2.06. The SMILES string of the molecule is Nc1ccc([N+](=O)[O-])c(C(=O)OC(=O)c2ccccc2N)c1. The summed E-state index contributed by atoms with van der Waals surface area (Å²) >= 11 is 0. The van der Waals surface area contributed by atoms with E-state index < -0.39 is 28.1 Å². The Morgan fingerprint density at radius 2 is 1.64 bits per heavy atom. The zero-order chi connectivity index (χ0) is 16.3. The van der Waals surface area contributed by atoms with E-state index >= 15 is 0 Å². The van der Waals surface area contributed by atoms with Gasteiger partial charge in [0.2, 0.25) is 0 Å². The molecule has 0 bridgehead atoms. The minimum absolute atomic E-state index is 0.0117. The molecule has 0 aliphatic rings. The molecule has 2 rings (SSSR count). The number of rotatable bonds is 3. The highest BCUT2D eigenvalue weighted by atomic mass is 16.6. The molecule has 2 aromatic carbocycles. The molecule has 0 aliphatic heterocycles. The topological polar surface area (TPSA) is 139 Å². The minimum Gasteiger partial charge on any atom is -0.399 e. The summed E-state index contributed by atoms with van der Waals surface area (Å²) in [5.74, 6) is -2.17. The van der Waals surface area contributed by atoms with E-state index in [0.29, 0.717) is 0 Å². The van der Waals surface area contributed by atoms with Crippen LogP contribution in [0.4, 0.5) is 17.1 Å². The second-order valence-electron chi connectivity index (χ2n) is 4.30.